The fraction of sp³-hybridized carbons (Fsp3) is 0.333. The molecule has 1 aromatic carbocycles. The van der Waals surface area contributed by atoms with E-state index in [0.717, 1.165) is 18.5 Å². The Kier molecular flexibility index (Phi) is 5.50. The number of hydrogen-bond donors (Lipinski definition) is 1. The van der Waals surface area contributed by atoms with Gasteiger partial charge in [-0.3, -0.25) is 4.79 Å². The van der Waals surface area contributed by atoms with Crippen LogP contribution in [0.3, 0.4) is 0 Å². The Morgan fingerprint density at radius 2 is 1.90 bits per heavy atom. The predicted octanol–water partition coefficient (Wildman–Crippen LogP) is 4.41. The Bertz CT molecular complexity index is 585. The second kappa shape index (κ2) is 7.58. The van der Waals surface area contributed by atoms with Gasteiger partial charge in [0.05, 0.1) is 0 Å². The first kappa shape index (κ1) is 15.2. The average molecular weight is 284 g/mol. The van der Waals surface area contributed by atoms with Crippen LogP contribution in [-0.2, 0) is 11.2 Å². The van der Waals surface area contributed by atoms with Crippen molar-refractivity contribution >= 4 is 11.7 Å². The molecule has 0 fully saturated rings. The molecule has 0 bridgehead atoms. The number of carbonyl (C=O) groups excluding carboxylic acids is 1. The zero-order valence-corrected chi connectivity index (χ0v) is 12.7. The molecular formula is C18H24N2O. The standard InChI is InChI=1S/C18H22N2O.H2/c1-14(2)16-11-7-12-17(19-16)20-18(21)13-6-10-15-8-4-3-5-9-15;/h3-5,7-9,11-12,14H,6,10,13H2,1-2H3,(H,19,20,21);1H. The first-order chi connectivity index (χ1) is 10.1. The van der Waals surface area contributed by atoms with E-state index in [9.17, 15) is 4.79 Å². The monoisotopic (exact) mass is 284 g/mol. The van der Waals surface area contributed by atoms with E-state index in [-0.39, 0.29) is 7.33 Å². The molecule has 2 rings (SSSR count). The summed E-state index contributed by atoms with van der Waals surface area (Å²) in [6, 6.07) is 16.0. The highest BCUT2D eigenvalue weighted by molar-refractivity contribution is 5.89. The first-order valence-corrected chi connectivity index (χ1v) is 7.46. The molecule has 0 aliphatic heterocycles. The third-order valence-corrected chi connectivity index (χ3v) is 3.34. The number of pyridine rings is 1. The summed E-state index contributed by atoms with van der Waals surface area (Å²) >= 11 is 0. The van der Waals surface area contributed by atoms with Crippen LogP contribution in [0.5, 0.6) is 0 Å². The van der Waals surface area contributed by atoms with Gasteiger partial charge in [0.15, 0.2) is 0 Å². The van der Waals surface area contributed by atoms with E-state index in [1.807, 2.05) is 36.4 Å². The lowest BCUT2D eigenvalue weighted by atomic mass is 10.1. The molecule has 1 amide bonds. The molecule has 0 aliphatic rings. The van der Waals surface area contributed by atoms with Gasteiger partial charge in [0.25, 0.3) is 0 Å². The quantitative estimate of drug-likeness (QED) is 0.853. The molecule has 0 spiro atoms. The number of hydrogen-bond acceptors (Lipinski definition) is 2. The Morgan fingerprint density at radius 1 is 1.14 bits per heavy atom. The molecular weight excluding hydrogens is 260 g/mol. The fourth-order valence-electron chi connectivity index (χ4n) is 2.15. The molecule has 0 radical (unpaired) electrons. The normalized spacial score (nSPS) is 10.6. The van der Waals surface area contributed by atoms with E-state index in [1.165, 1.54) is 5.56 Å². The van der Waals surface area contributed by atoms with E-state index < -0.39 is 0 Å². The van der Waals surface area contributed by atoms with Crippen molar-refractivity contribution in [3.63, 3.8) is 0 Å². The van der Waals surface area contributed by atoms with Gasteiger partial charge >= 0.3 is 0 Å². The molecule has 112 valence electrons. The smallest absolute Gasteiger partial charge is 0.225 e. The lowest BCUT2D eigenvalue weighted by Gasteiger charge is -2.08. The van der Waals surface area contributed by atoms with Crippen LogP contribution in [0.2, 0.25) is 0 Å². The van der Waals surface area contributed by atoms with Gasteiger partial charge in [0, 0.05) is 13.5 Å². The zero-order chi connectivity index (χ0) is 15.1. The predicted molar refractivity (Wildman–Crippen MR) is 88.4 cm³/mol. The van der Waals surface area contributed by atoms with E-state index in [2.05, 4.69) is 36.3 Å². The summed E-state index contributed by atoms with van der Waals surface area (Å²) in [7, 11) is 0. The molecule has 2 aromatic rings. The summed E-state index contributed by atoms with van der Waals surface area (Å²) in [5.41, 5.74) is 2.27. The third-order valence-electron chi connectivity index (χ3n) is 3.34. The molecule has 21 heavy (non-hydrogen) atoms. The van der Waals surface area contributed by atoms with Crippen molar-refractivity contribution in [2.24, 2.45) is 0 Å². The molecule has 0 saturated carbocycles. The van der Waals surface area contributed by atoms with Crippen LogP contribution < -0.4 is 5.32 Å². The Hall–Kier alpha value is -2.16. The van der Waals surface area contributed by atoms with Crippen LogP contribution in [-0.4, -0.2) is 10.9 Å². The van der Waals surface area contributed by atoms with Crippen LogP contribution >= 0.6 is 0 Å². The van der Waals surface area contributed by atoms with Gasteiger partial charge < -0.3 is 5.32 Å². The number of anilines is 1. The van der Waals surface area contributed by atoms with Crippen molar-refractivity contribution in [3.8, 4) is 0 Å². The van der Waals surface area contributed by atoms with Crippen molar-refractivity contribution in [2.45, 2.75) is 39.0 Å². The van der Waals surface area contributed by atoms with E-state index in [4.69, 9.17) is 0 Å². The zero-order valence-electron chi connectivity index (χ0n) is 12.7. The average Bonchev–Trinajstić information content (AvgIpc) is 2.48. The largest absolute Gasteiger partial charge is 0.311 e. The number of rotatable bonds is 6. The SMILES string of the molecule is CC(C)c1cccc(NC(=O)CCCc2ccccc2)n1.[HH]. The van der Waals surface area contributed by atoms with Gasteiger partial charge in [-0.15, -0.1) is 0 Å². The summed E-state index contributed by atoms with van der Waals surface area (Å²) in [5, 5.41) is 2.87. The molecule has 0 unspecified atom stereocenters. The second-order valence-corrected chi connectivity index (χ2v) is 5.49. The van der Waals surface area contributed by atoms with Crippen molar-refractivity contribution in [1.82, 2.24) is 4.98 Å². The molecule has 1 aromatic heterocycles. The highest BCUT2D eigenvalue weighted by Crippen LogP contribution is 2.14. The number of nitrogens with zero attached hydrogens (tertiary/aromatic N) is 1. The number of benzene rings is 1. The molecule has 3 nitrogen and oxygen atoms in total. The van der Waals surface area contributed by atoms with Gasteiger partial charge in [-0.05, 0) is 36.5 Å². The van der Waals surface area contributed by atoms with Gasteiger partial charge in [-0.2, -0.15) is 0 Å². The van der Waals surface area contributed by atoms with Gasteiger partial charge in [-0.1, -0.05) is 50.2 Å². The summed E-state index contributed by atoms with van der Waals surface area (Å²) in [4.78, 5) is 16.4. The second-order valence-electron chi connectivity index (χ2n) is 5.49. The fourth-order valence-corrected chi connectivity index (χ4v) is 2.15. The van der Waals surface area contributed by atoms with Crippen LogP contribution in [0.4, 0.5) is 5.82 Å². The number of aromatic nitrogens is 1. The molecule has 1 N–H and O–H groups in total. The van der Waals surface area contributed by atoms with Crippen molar-refractivity contribution in [2.75, 3.05) is 5.32 Å². The Balaban J connectivity index is 0.00000242. The van der Waals surface area contributed by atoms with E-state index in [0.29, 0.717) is 18.2 Å². The van der Waals surface area contributed by atoms with Gasteiger partial charge in [0.2, 0.25) is 5.91 Å². The van der Waals surface area contributed by atoms with Crippen LogP contribution in [0, 0.1) is 0 Å². The first-order valence-electron chi connectivity index (χ1n) is 7.46. The number of amides is 1. The Labute approximate surface area is 127 Å². The van der Waals surface area contributed by atoms with Crippen molar-refractivity contribution in [3.05, 3.63) is 59.8 Å². The molecule has 3 heteroatoms. The molecule has 1 heterocycles. The maximum Gasteiger partial charge on any atom is 0.225 e. The molecule has 0 aliphatic carbocycles. The maximum absolute atomic E-state index is 11.9. The molecule has 0 atom stereocenters. The summed E-state index contributed by atoms with van der Waals surface area (Å²) in [5.74, 6) is 1.03. The van der Waals surface area contributed by atoms with Crippen LogP contribution in [0.15, 0.2) is 48.5 Å². The van der Waals surface area contributed by atoms with Gasteiger partial charge in [-0.25, -0.2) is 4.98 Å². The van der Waals surface area contributed by atoms with Gasteiger partial charge in [0.1, 0.15) is 5.82 Å². The Morgan fingerprint density at radius 3 is 2.62 bits per heavy atom. The lowest BCUT2D eigenvalue weighted by Crippen LogP contribution is -2.13. The highest BCUT2D eigenvalue weighted by Gasteiger charge is 2.06. The summed E-state index contributed by atoms with van der Waals surface area (Å²) < 4.78 is 0. The van der Waals surface area contributed by atoms with Crippen molar-refractivity contribution in [1.29, 1.82) is 0 Å². The number of nitrogens with one attached hydrogen (secondary N) is 1. The van der Waals surface area contributed by atoms with E-state index >= 15 is 0 Å². The topological polar surface area (TPSA) is 42.0 Å². The minimum absolute atomic E-state index is 0. The van der Waals surface area contributed by atoms with Crippen LogP contribution in [0.1, 0.15) is 45.3 Å². The molecule has 0 saturated heterocycles. The summed E-state index contributed by atoms with van der Waals surface area (Å²) in [6.45, 7) is 4.18. The van der Waals surface area contributed by atoms with Crippen molar-refractivity contribution < 1.29 is 6.22 Å². The summed E-state index contributed by atoms with van der Waals surface area (Å²) in [6.07, 6.45) is 2.29. The van der Waals surface area contributed by atoms with E-state index in [1.54, 1.807) is 0 Å². The minimum Gasteiger partial charge on any atom is -0.311 e. The minimum atomic E-state index is 0. The maximum atomic E-state index is 11.9. The lowest BCUT2D eigenvalue weighted by molar-refractivity contribution is -0.116. The number of aryl methyl sites for hydroxylation is 1. The third kappa shape index (κ3) is 5.03. The van der Waals surface area contributed by atoms with Crippen LogP contribution in [0.25, 0.3) is 0 Å². The number of carbonyl (C=O) groups is 1. The highest BCUT2D eigenvalue weighted by atomic mass is 16.1.